The van der Waals surface area contributed by atoms with Crippen molar-refractivity contribution in [2.24, 2.45) is 0 Å². The van der Waals surface area contributed by atoms with Crippen LogP contribution in [0.5, 0.6) is 0 Å². The molecule has 126 valence electrons. The van der Waals surface area contributed by atoms with E-state index in [0.717, 1.165) is 24.8 Å². The Kier molecular flexibility index (Phi) is 5.77. The van der Waals surface area contributed by atoms with Gasteiger partial charge in [0.25, 0.3) is 5.91 Å². The maximum absolute atomic E-state index is 12.5. The minimum absolute atomic E-state index is 0.0112. The van der Waals surface area contributed by atoms with Crippen LogP contribution in [0.2, 0.25) is 0 Å². The van der Waals surface area contributed by atoms with Crippen LogP contribution >= 0.6 is 0 Å². The first kappa shape index (κ1) is 17.5. The smallest absolute Gasteiger partial charge is 0.303 e. The number of carbonyl (C=O) groups is 2. The van der Waals surface area contributed by atoms with E-state index in [4.69, 9.17) is 5.11 Å². The number of rotatable bonds is 6. The first-order chi connectivity index (χ1) is 10.9. The third kappa shape index (κ3) is 4.79. The van der Waals surface area contributed by atoms with Crippen molar-refractivity contribution in [2.45, 2.75) is 63.5 Å². The first-order valence-electron chi connectivity index (χ1n) is 8.26. The number of hydrogen-bond acceptors (Lipinski definition) is 3. The maximum atomic E-state index is 12.5. The predicted octanol–water partition coefficient (Wildman–Crippen LogP) is 2.52. The lowest BCUT2D eigenvalue weighted by atomic mass is 9.80. The summed E-state index contributed by atoms with van der Waals surface area (Å²) in [6.45, 7) is 1.98. The molecule has 0 aromatic heterocycles. The summed E-state index contributed by atoms with van der Waals surface area (Å²) in [7, 11) is 0. The lowest BCUT2D eigenvalue weighted by Gasteiger charge is -2.35. The fraction of sp³-hybridized carbons (Fsp3) is 0.556. The second-order valence-corrected chi connectivity index (χ2v) is 6.38. The van der Waals surface area contributed by atoms with Crippen LogP contribution in [-0.4, -0.2) is 33.7 Å². The quantitative estimate of drug-likeness (QED) is 0.752. The number of carboxylic acid groups (broad SMARTS) is 1. The minimum atomic E-state index is -0.869. The Morgan fingerprint density at radius 3 is 2.52 bits per heavy atom. The highest BCUT2D eigenvalue weighted by Gasteiger charge is 2.32. The summed E-state index contributed by atoms with van der Waals surface area (Å²) in [6.07, 6.45) is 4.05. The second-order valence-electron chi connectivity index (χ2n) is 6.38. The van der Waals surface area contributed by atoms with Crippen LogP contribution in [0.25, 0.3) is 0 Å². The zero-order chi connectivity index (χ0) is 16.9. The van der Waals surface area contributed by atoms with Gasteiger partial charge in [0.2, 0.25) is 0 Å². The highest BCUT2D eigenvalue weighted by Crippen LogP contribution is 2.31. The van der Waals surface area contributed by atoms with E-state index in [0.29, 0.717) is 24.8 Å². The molecule has 1 saturated carbocycles. The number of nitrogens with one attached hydrogen (secondary N) is 1. The largest absolute Gasteiger partial charge is 0.481 e. The number of carboxylic acids is 1. The molecule has 1 aliphatic carbocycles. The van der Waals surface area contributed by atoms with Crippen LogP contribution < -0.4 is 5.32 Å². The highest BCUT2D eigenvalue weighted by atomic mass is 16.4. The van der Waals surface area contributed by atoms with Gasteiger partial charge in [-0.2, -0.15) is 0 Å². The molecule has 0 aliphatic heterocycles. The maximum Gasteiger partial charge on any atom is 0.303 e. The Labute approximate surface area is 136 Å². The highest BCUT2D eigenvalue weighted by molar-refractivity contribution is 5.96. The van der Waals surface area contributed by atoms with E-state index in [-0.39, 0.29) is 18.4 Å². The van der Waals surface area contributed by atoms with Gasteiger partial charge in [-0.15, -0.1) is 0 Å². The number of carbonyl (C=O) groups excluding carboxylic acids is 1. The summed E-state index contributed by atoms with van der Waals surface area (Å²) in [5.74, 6) is -1.02. The van der Waals surface area contributed by atoms with E-state index in [1.807, 2.05) is 13.0 Å². The molecule has 1 aliphatic rings. The number of benzene rings is 1. The molecule has 3 N–H and O–H groups in total. The molecule has 23 heavy (non-hydrogen) atoms. The van der Waals surface area contributed by atoms with Crippen molar-refractivity contribution in [3.05, 3.63) is 35.4 Å². The van der Waals surface area contributed by atoms with E-state index in [1.165, 1.54) is 0 Å². The summed E-state index contributed by atoms with van der Waals surface area (Å²) in [6, 6.07) is 7.21. The lowest BCUT2D eigenvalue weighted by Crippen LogP contribution is -2.43. The van der Waals surface area contributed by atoms with Gasteiger partial charge in [0.05, 0.1) is 5.60 Å². The van der Waals surface area contributed by atoms with Crippen LogP contribution in [-0.2, 0) is 11.2 Å². The molecule has 1 fully saturated rings. The van der Waals surface area contributed by atoms with Crippen molar-refractivity contribution in [2.75, 3.05) is 0 Å². The normalized spacial score (nSPS) is 24.2. The average Bonchev–Trinajstić information content (AvgIpc) is 2.55. The topological polar surface area (TPSA) is 86.6 Å². The Balaban J connectivity index is 1.97. The van der Waals surface area contributed by atoms with Crippen LogP contribution in [0.1, 0.15) is 61.4 Å². The van der Waals surface area contributed by atoms with Gasteiger partial charge in [0.1, 0.15) is 0 Å². The molecule has 0 bridgehead atoms. The fourth-order valence-electron chi connectivity index (χ4n) is 3.12. The Bertz CT molecular complexity index is 562. The minimum Gasteiger partial charge on any atom is -0.481 e. The summed E-state index contributed by atoms with van der Waals surface area (Å²) >= 11 is 0. The fourth-order valence-corrected chi connectivity index (χ4v) is 3.12. The van der Waals surface area contributed by atoms with Crippen molar-refractivity contribution in [3.63, 3.8) is 0 Å². The third-order valence-electron chi connectivity index (χ3n) is 4.78. The van der Waals surface area contributed by atoms with Gasteiger partial charge < -0.3 is 15.5 Å². The van der Waals surface area contributed by atoms with Crippen LogP contribution in [0.4, 0.5) is 0 Å². The zero-order valence-electron chi connectivity index (χ0n) is 13.5. The molecule has 2 rings (SSSR count). The van der Waals surface area contributed by atoms with Crippen molar-refractivity contribution >= 4 is 11.9 Å². The van der Waals surface area contributed by atoms with Crippen molar-refractivity contribution in [3.8, 4) is 0 Å². The summed E-state index contributed by atoms with van der Waals surface area (Å²) < 4.78 is 0. The summed E-state index contributed by atoms with van der Waals surface area (Å²) in [5.41, 5.74) is 0.721. The van der Waals surface area contributed by atoms with E-state index in [1.54, 1.807) is 18.2 Å². The van der Waals surface area contributed by atoms with Crippen LogP contribution in [0.3, 0.4) is 0 Å². The van der Waals surface area contributed by atoms with Gasteiger partial charge in [0, 0.05) is 18.0 Å². The van der Waals surface area contributed by atoms with E-state index in [9.17, 15) is 14.7 Å². The molecule has 0 atom stereocenters. The molecular weight excluding hydrogens is 294 g/mol. The average molecular weight is 319 g/mol. The van der Waals surface area contributed by atoms with E-state index < -0.39 is 11.6 Å². The first-order valence-corrected chi connectivity index (χ1v) is 8.26. The Hall–Kier alpha value is -1.88. The lowest BCUT2D eigenvalue weighted by molar-refractivity contribution is -0.136. The van der Waals surface area contributed by atoms with E-state index in [2.05, 4.69) is 5.32 Å². The standard InChI is InChI=1S/C18H25NO4/c1-2-18(23)11-9-14(10-12-18)19-17(22)15-6-4-3-5-13(15)7-8-16(20)21/h3-6,14,23H,2,7-12H2,1H3,(H,19,22)(H,20,21). The van der Waals surface area contributed by atoms with Crippen molar-refractivity contribution in [1.82, 2.24) is 5.32 Å². The molecule has 0 radical (unpaired) electrons. The monoisotopic (exact) mass is 319 g/mol. The molecule has 0 unspecified atom stereocenters. The molecule has 5 nitrogen and oxygen atoms in total. The van der Waals surface area contributed by atoms with Gasteiger partial charge in [-0.3, -0.25) is 9.59 Å². The molecule has 1 amide bonds. The predicted molar refractivity (Wildman–Crippen MR) is 87.4 cm³/mol. The molecule has 1 aromatic carbocycles. The van der Waals surface area contributed by atoms with Gasteiger partial charge in [-0.05, 0) is 50.2 Å². The van der Waals surface area contributed by atoms with Gasteiger partial charge >= 0.3 is 5.97 Å². The Morgan fingerprint density at radius 2 is 1.91 bits per heavy atom. The Morgan fingerprint density at radius 1 is 1.26 bits per heavy atom. The number of hydrogen-bond donors (Lipinski definition) is 3. The van der Waals surface area contributed by atoms with E-state index >= 15 is 0 Å². The van der Waals surface area contributed by atoms with Crippen molar-refractivity contribution in [1.29, 1.82) is 0 Å². The van der Waals surface area contributed by atoms with Gasteiger partial charge in [0.15, 0.2) is 0 Å². The second kappa shape index (κ2) is 7.59. The zero-order valence-corrected chi connectivity index (χ0v) is 13.5. The molecule has 1 aromatic rings. The number of aryl methyl sites for hydroxylation is 1. The molecule has 0 spiro atoms. The molecule has 0 heterocycles. The summed E-state index contributed by atoms with van der Waals surface area (Å²) in [5, 5.41) is 22.1. The summed E-state index contributed by atoms with van der Waals surface area (Å²) in [4.78, 5) is 23.2. The molecule has 0 saturated heterocycles. The van der Waals surface area contributed by atoms with Crippen molar-refractivity contribution < 1.29 is 19.8 Å². The van der Waals surface area contributed by atoms with Crippen LogP contribution in [0, 0.1) is 0 Å². The molecular formula is C18H25NO4. The van der Waals surface area contributed by atoms with Crippen LogP contribution in [0.15, 0.2) is 24.3 Å². The van der Waals surface area contributed by atoms with Gasteiger partial charge in [-0.25, -0.2) is 0 Å². The number of aliphatic carboxylic acids is 1. The number of aliphatic hydroxyl groups is 1. The van der Waals surface area contributed by atoms with Gasteiger partial charge in [-0.1, -0.05) is 25.1 Å². The third-order valence-corrected chi connectivity index (χ3v) is 4.78. The number of amides is 1. The SMILES string of the molecule is CCC1(O)CCC(NC(=O)c2ccccc2CCC(=O)O)CC1. The molecule has 5 heteroatoms.